The van der Waals surface area contributed by atoms with Gasteiger partial charge in [-0.05, 0) is 37.1 Å². The van der Waals surface area contributed by atoms with Crippen LogP contribution < -0.4 is 10.2 Å². The van der Waals surface area contributed by atoms with Crippen LogP contribution in [0.5, 0.6) is 0 Å². The highest BCUT2D eigenvalue weighted by Crippen LogP contribution is 2.42. The molecule has 0 aliphatic carbocycles. The van der Waals surface area contributed by atoms with Crippen molar-refractivity contribution in [1.29, 1.82) is 0 Å². The van der Waals surface area contributed by atoms with Gasteiger partial charge >= 0.3 is 0 Å². The van der Waals surface area contributed by atoms with Crippen LogP contribution in [-0.2, 0) is 14.3 Å². The van der Waals surface area contributed by atoms with E-state index >= 15 is 0 Å². The first-order valence-corrected chi connectivity index (χ1v) is 10.4. The van der Waals surface area contributed by atoms with Gasteiger partial charge in [0.2, 0.25) is 5.91 Å². The Labute approximate surface area is 172 Å². The van der Waals surface area contributed by atoms with Crippen molar-refractivity contribution in [2.45, 2.75) is 23.8 Å². The van der Waals surface area contributed by atoms with Crippen molar-refractivity contribution in [3.8, 4) is 0 Å². The van der Waals surface area contributed by atoms with Crippen LogP contribution in [0.1, 0.15) is 18.4 Å². The van der Waals surface area contributed by atoms with E-state index in [0.29, 0.717) is 22.7 Å². The number of benzene rings is 2. The van der Waals surface area contributed by atoms with E-state index in [1.807, 2.05) is 24.3 Å². The van der Waals surface area contributed by atoms with E-state index in [1.54, 1.807) is 18.2 Å². The molecule has 150 valence electrons. The predicted molar refractivity (Wildman–Crippen MR) is 111 cm³/mol. The third-order valence-corrected chi connectivity index (χ3v) is 5.95. The summed E-state index contributed by atoms with van der Waals surface area (Å²) in [6.45, 7) is 1.06. The fourth-order valence-corrected chi connectivity index (χ4v) is 4.43. The molecule has 2 aromatic rings. The smallest absolute Gasteiger partial charge is 0.265 e. The van der Waals surface area contributed by atoms with Crippen LogP contribution in [0.2, 0.25) is 0 Å². The molecule has 0 aromatic heterocycles. The van der Waals surface area contributed by atoms with Crippen LogP contribution >= 0.6 is 11.8 Å². The lowest BCUT2D eigenvalue weighted by atomic mass is 10.2. The average Bonchev–Trinajstić information content (AvgIpc) is 3.25. The largest absolute Gasteiger partial charge is 0.376 e. The lowest BCUT2D eigenvalue weighted by Gasteiger charge is -2.30. The Kier molecular flexibility index (Phi) is 5.97. The number of rotatable bonds is 5. The Hall–Kier alpha value is -2.64. The van der Waals surface area contributed by atoms with Gasteiger partial charge in [0.15, 0.2) is 0 Å². The number of fused-ring (bicyclic) bond motifs is 1. The second-order valence-electron chi connectivity index (χ2n) is 6.93. The molecule has 0 bridgehead atoms. The zero-order valence-corrected chi connectivity index (χ0v) is 16.6. The molecule has 0 unspecified atom stereocenters. The van der Waals surface area contributed by atoms with Crippen LogP contribution in [-0.4, -0.2) is 37.6 Å². The number of anilines is 1. The van der Waals surface area contributed by atoms with Crippen molar-refractivity contribution in [3.05, 3.63) is 64.8 Å². The standard InChI is InChI=1S/C22H21FN2O3S/c23-17-8-2-1-6-15(17)12-20-22(27)25(18-9-3-4-10-19(18)29-20)14-21(26)24-13-16-7-5-11-28-16/h1-4,6,8-10,12,16H,5,7,11,13-14H2,(H,24,26)/b20-12-/t16-/m1/s1. The van der Waals surface area contributed by atoms with Crippen molar-refractivity contribution >= 4 is 35.3 Å². The predicted octanol–water partition coefficient (Wildman–Crippen LogP) is 3.60. The molecule has 2 aliphatic rings. The average molecular weight is 412 g/mol. The lowest BCUT2D eigenvalue weighted by molar-refractivity contribution is -0.122. The fraction of sp³-hybridized carbons (Fsp3) is 0.273. The number of halogens is 1. The van der Waals surface area contributed by atoms with Crippen LogP contribution in [0, 0.1) is 5.82 Å². The molecule has 2 heterocycles. The van der Waals surface area contributed by atoms with Gasteiger partial charge in [-0.2, -0.15) is 0 Å². The van der Waals surface area contributed by atoms with Crippen LogP contribution in [0.25, 0.3) is 6.08 Å². The Morgan fingerprint density at radius 1 is 1.24 bits per heavy atom. The monoisotopic (exact) mass is 412 g/mol. The van der Waals surface area contributed by atoms with Gasteiger partial charge < -0.3 is 10.1 Å². The van der Waals surface area contributed by atoms with Gasteiger partial charge in [-0.15, -0.1) is 0 Å². The van der Waals surface area contributed by atoms with E-state index in [-0.39, 0.29) is 24.5 Å². The molecule has 1 fully saturated rings. The third-order valence-electron chi connectivity index (χ3n) is 4.88. The summed E-state index contributed by atoms with van der Waals surface area (Å²) >= 11 is 1.28. The third kappa shape index (κ3) is 4.52. The molecule has 2 aliphatic heterocycles. The molecular weight excluding hydrogens is 391 g/mol. The highest BCUT2D eigenvalue weighted by Gasteiger charge is 2.30. The fourth-order valence-electron chi connectivity index (χ4n) is 3.39. The summed E-state index contributed by atoms with van der Waals surface area (Å²) in [6.07, 6.45) is 3.50. The molecule has 29 heavy (non-hydrogen) atoms. The normalized spacial score (nSPS) is 20.0. The number of nitrogens with zero attached hydrogens (tertiary/aromatic N) is 1. The molecule has 7 heteroatoms. The zero-order valence-electron chi connectivity index (χ0n) is 15.8. The molecule has 4 rings (SSSR count). The maximum atomic E-state index is 14.1. The second-order valence-corrected chi connectivity index (χ2v) is 8.01. The van der Waals surface area contributed by atoms with Crippen LogP contribution in [0.3, 0.4) is 0 Å². The topological polar surface area (TPSA) is 58.6 Å². The highest BCUT2D eigenvalue weighted by molar-refractivity contribution is 8.04. The molecule has 0 radical (unpaired) electrons. The first-order chi connectivity index (χ1) is 14.1. The number of amides is 2. The number of para-hydroxylation sites is 1. The number of hydrogen-bond donors (Lipinski definition) is 1. The minimum Gasteiger partial charge on any atom is -0.376 e. The van der Waals surface area contributed by atoms with Crippen molar-refractivity contribution < 1.29 is 18.7 Å². The number of nitrogens with one attached hydrogen (secondary N) is 1. The van der Waals surface area contributed by atoms with E-state index in [1.165, 1.54) is 28.8 Å². The van der Waals surface area contributed by atoms with E-state index < -0.39 is 5.82 Å². The van der Waals surface area contributed by atoms with Gasteiger partial charge in [-0.3, -0.25) is 14.5 Å². The van der Waals surface area contributed by atoms with Crippen molar-refractivity contribution in [2.75, 3.05) is 24.6 Å². The summed E-state index contributed by atoms with van der Waals surface area (Å²) in [4.78, 5) is 28.3. The van der Waals surface area contributed by atoms with Gasteiger partial charge in [-0.1, -0.05) is 42.1 Å². The number of carbonyl (C=O) groups excluding carboxylic acids is 2. The summed E-state index contributed by atoms with van der Waals surface area (Å²) < 4.78 is 19.6. The second kappa shape index (κ2) is 8.80. The van der Waals surface area contributed by atoms with Gasteiger partial charge in [0, 0.05) is 23.6 Å². The highest BCUT2D eigenvalue weighted by atomic mass is 32.2. The van der Waals surface area contributed by atoms with Gasteiger partial charge in [-0.25, -0.2) is 4.39 Å². The van der Waals surface area contributed by atoms with E-state index in [4.69, 9.17) is 4.74 Å². The van der Waals surface area contributed by atoms with Crippen LogP contribution in [0.4, 0.5) is 10.1 Å². The summed E-state index contributed by atoms with van der Waals surface area (Å²) in [5, 5.41) is 2.85. The van der Waals surface area contributed by atoms with Gasteiger partial charge in [0.25, 0.3) is 5.91 Å². The summed E-state index contributed by atoms with van der Waals surface area (Å²) in [5.74, 6) is -0.960. The number of carbonyl (C=O) groups is 2. The maximum Gasteiger partial charge on any atom is 0.265 e. The Balaban J connectivity index is 1.55. The van der Waals surface area contributed by atoms with E-state index in [2.05, 4.69) is 5.32 Å². The minimum absolute atomic E-state index is 0.0374. The molecule has 5 nitrogen and oxygen atoms in total. The summed E-state index contributed by atoms with van der Waals surface area (Å²) in [5.41, 5.74) is 1.02. The first-order valence-electron chi connectivity index (χ1n) is 9.55. The Morgan fingerprint density at radius 2 is 2.03 bits per heavy atom. The first kappa shape index (κ1) is 19.7. The van der Waals surface area contributed by atoms with Gasteiger partial charge in [0.05, 0.1) is 16.7 Å². The Morgan fingerprint density at radius 3 is 2.83 bits per heavy atom. The Bertz CT molecular complexity index is 957. The number of thioether (sulfide) groups is 1. The zero-order chi connectivity index (χ0) is 20.2. The molecule has 1 saturated heterocycles. The van der Waals surface area contributed by atoms with Crippen LogP contribution in [0.15, 0.2) is 58.3 Å². The molecule has 1 atom stereocenters. The van der Waals surface area contributed by atoms with E-state index in [9.17, 15) is 14.0 Å². The summed E-state index contributed by atoms with van der Waals surface area (Å²) in [7, 11) is 0. The molecular formula is C22H21FN2O3S. The molecule has 2 aromatic carbocycles. The SMILES string of the molecule is O=C(CN1C(=O)/C(=C/c2ccccc2F)Sc2ccccc21)NC[C@H]1CCCO1. The molecule has 0 spiro atoms. The van der Waals surface area contributed by atoms with Crippen molar-refractivity contribution in [3.63, 3.8) is 0 Å². The maximum absolute atomic E-state index is 14.1. The molecule has 2 amide bonds. The van der Waals surface area contributed by atoms with E-state index in [0.717, 1.165) is 24.3 Å². The minimum atomic E-state index is -0.395. The van der Waals surface area contributed by atoms with Gasteiger partial charge in [0.1, 0.15) is 12.4 Å². The van der Waals surface area contributed by atoms with Crippen molar-refractivity contribution in [1.82, 2.24) is 5.32 Å². The lowest BCUT2D eigenvalue weighted by Crippen LogP contribution is -2.44. The summed E-state index contributed by atoms with van der Waals surface area (Å²) in [6, 6.07) is 13.7. The number of ether oxygens (including phenoxy) is 1. The van der Waals surface area contributed by atoms with Crippen molar-refractivity contribution in [2.24, 2.45) is 0 Å². The molecule has 0 saturated carbocycles. The molecule has 1 N–H and O–H groups in total. The quantitative estimate of drug-likeness (QED) is 0.763. The number of hydrogen-bond acceptors (Lipinski definition) is 4.